The quantitative estimate of drug-likeness (QED) is 0.860. The molecule has 1 aliphatic carbocycles. The van der Waals surface area contributed by atoms with Gasteiger partial charge in [-0.25, -0.2) is 0 Å². The molecule has 1 unspecified atom stereocenters. The molecule has 2 fully saturated rings. The van der Waals surface area contributed by atoms with Gasteiger partial charge in [0, 0.05) is 19.1 Å². The van der Waals surface area contributed by atoms with Crippen LogP contribution in [0.3, 0.4) is 0 Å². The van der Waals surface area contributed by atoms with E-state index >= 15 is 0 Å². The minimum Gasteiger partial charge on any atom is -0.381 e. The number of rotatable bonds is 3. The van der Waals surface area contributed by atoms with Crippen molar-refractivity contribution < 1.29 is 0 Å². The van der Waals surface area contributed by atoms with Crippen molar-refractivity contribution in [3.8, 4) is 0 Å². The summed E-state index contributed by atoms with van der Waals surface area (Å²) in [5.74, 6) is 0. The molecule has 0 radical (unpaired) electrons. The molecule has 3 rings (SSSR count). The number of anilines is 2. The lowest BCUT2D eigenvalue weighted by Gasteiger charge is -2.36. The third-order valence-corrected chi connectivity index (χ3v) is 4.92. The zero-order chi connectivity index (χ0) is 14.0. The highest BCUT2D eigenvalue weighted by Crippen LogP contribution is 2.38. The summed E-state index contributed by atoms with van der Waals surface area (Å²) in [6.07, 6.45) is 8.02. The van der Waals surface area contributed by atoms with Gasteiger partial charge in [-0.2, -0.15) is 0 Å². The van der Waals surface area contributed by atoms with Crippen molar-refractivity contribution >= 4 is 11.4 Å². The monoisotopic (exact) mass is 272 g/mol. The topological polar surface area (TPSA) is 15.3 Å². The summed E-state index contributed by atoms with van der Waals surface area (Å²) in [6, 6.07) is 9.51. The fourth-order valence-corrected chi connectivity index (χ4v) is 3.87. The Morgan fingerprint density at radius 1 is 1.10 bits per heavy atom. The second kappa shape index (κ2) is 5.67. The molecule has 0 amide bonds. The maximum atomic E-state index is 3.84. The van der Waals surface area contributed by atoms with E-state index in [0.717, 1.165) is 0 Å². The van der Waals surface area contributed by atoms with Crippen molar-refractivity contribution in [2.24, 2.45) is 5.41 Å². The fourth-order valence-electron chi connectivity index (χ4n) is 3.87. The van der Waals surface area contributed by atoms with Gasteiger partial charge in [0.2, 0.25) is 0 Å². The molecule has 0 bridgehead atoms. The molecular formula is C18H28N2. The molecule has 0 aromatic heterocycles. The zero-order valence-electron chi connectivity index (χ0n) is 13.0. The van der Waals surface area contributed by atoms with Crippen LogP contribution in [0.4, 0.5) is 11.4 Å². The van der Waals surface area contributed by atoms with Crippen molar-refractivity contribution in [2.45, 2.75) is 58.4 Å². The van der Waals surface area contributed by atoms with Crippen LogP contribution in [0.25, 0.3) is 0 Å². The van der Waals surface area contributed by atoms with E-state index in [0.29, 0.717) is 11.5 Å². The lowest BCUT2D eigenvalue weighted by Crippen LogP contribution is -2.32. The number of benzene rings is 1. The van der Waals surface area contributed by atoms with Crippen molar-refractivity contribution in [1.82, 2.24) is 0 Å². The number of hydrogen-bond donors (Lipinski definition) is 1. The SMILES string of the molecule is CC1(C)CCCC(Nc2ccccc2N2CCCC2)C1. The molecule has 0 spiro atoms. The van der Waals surface area contributed by atoms with Gasteiger partial charge in [0.25, 0.3) is 0 Å². The van der Waals surface area contributed by atoms with E-state index in [4.69, 9.17) is 0 Å². The third kappa shape index (κ3) is 3.11. The second-order valence-corrected chi connectivity index (χ2v) is 7.31. The van der Waals surface area contributed by atoms with Gasteiger partial charge in [0.05, 0.1) is 11.4 Å². The minimum atomic E-state index is 0.499. The number of para-hydroxylation sites is 2. The van der Waals surface area contributed by atoms with Crippen LogP contribution in [-0.2, 0) is 0 Å². The van der Waals surface area contributed by atoms with Crippen molar-refractivity contribution in [1.29, 1.82) is 0 Å². The van der Waals surface area contributed by atoms with Crippen LogP contribution < -0.4 is 10.2 Å². The zero-order valence-corrected chi connectivity index (χ0v) is 13.0. The number of nitrogens with one attached hydrogen (secondary N) is 1. The standard InChI is InChI=1S/C18H28N2/c1-18(2)11-7-8-15(14-18)19-16-9-3-4-10-17(16)20-12-5-6-13-20/h3-4,9-10,15,19H,5-8,11-14H2,1-2H3. The first-order valence-corrected chi connectivity index (χ1v) is 8.25. The normalized spacial score (nSPS) is 25.7. The second-order valence-electron chi connectivity index (χ2n) is 7.31. The lowest BCUT2D eigenvalue weighted by atomic mass is 9.75. The molecule has 1 saturated heterocycles. The first kappa shape index (κ1) is 13.8. The average Bonchev–Trinajstić information content (AvgIpc) is 2.92. The summed E-state index contributed by atoms with van der Waals surface area (Å²) in [6.45, 7) is 7.25. The van der Waals surface area contributed by atoms with E-state index in [1.807, 2.05) is 0 Å². The van der Waals surface area contributed by atoms with E-state index in [2.05, 4.69) is 48.3 Å². The van der Waals surface area contributed by atoms with Crippen LogP contribution in [0.5, 0.6) is 0 Å². The van der Waals surface area contributed by atoms with Gasteiger partial charge in [-0.05, 0) is 49.7 Å². The number of hydrogen-bond acceptors (Lipinski definition) is 2. The molecule has 2 aliphatic rings. The Balaban J connectivity index is 1.73. The summed E-state index contributed by atoms with van der Waals surface area (Å²) in [4.78, 5) is 2.54. The molecule has 20 heavy (non-hydrogen) atoms. The van der Waals surface area contributed by atoms with Gasteiger partial charge < -0.3 is 10.2 Å². The van der Waals surface area contributed by atoms with Crippen LogP contribution in [0.1, 0.15) is 52.4 Å². The maximum absolute atomic E-state index is 3.84. The highest BCUT2D eigenvalue weighted by Gasteiger charge is 2.28. The van der Waals surface area contributed by atoms with Crippen LogP contribution >= 0.6 is 0 Å². The Morgan fingerprint density at radius 3 is 2.60 bits per heavy atom. The van der Waals surface area contributed by atoms with Crippen molar-refractivity contribution in [3.63, 3.8) is 0 Å². The molecule has 2 nitrogen and oxygen atoms in total. The molecule has 1 aliphatic heterocycles. The molecule has 1 N–H and O–H groups in total. The summed E-state index contributed by atoms with van der Waals surface area (Å²) in [5, 5.41) is 3.84. The molecule has 110 valence electrons. The van der Waals surface area contributed by atoms with Gasteiger partial charge in [-0.1, -0.05) is 32.4 Å². The first-order valence-electron chi connectivity index (χ1n) is 8.25. The molecular weight excluding hydrogens is 244 g/mol. The molecule has 1 aromatic rings. The largest absolute Gasteiger partial charge is 0.381 e. The van der Waals surface area contributed by atoms with Gasteiger partial charge in [-0.15, -0.1) is 0 Å². The molecule has 1 heterocycles. The average molecular weight is 272 g/mol. The molecule has 1 aromatic carbocycles. The van der Waals surface area contributed by atoms with Crippen LogP contribution in [0.15, 0.2) is 24.3 Å². The summed E-state index contributed by atoms with van der Waals surface area (Å²) >= 11 is 0. The highest BCUT2D eigenvalue weighted by molar-refractivity contribution is 5.70. The molecule has 2 heteroatoms. The van der Waals surface area contributed by atoms with E-state index < -0.39 is 0 Å². The van der Waals surface area contributed by atoms with Gasteiger partial charge in [0.15, 0.2) is 0 Å². The van der Waals surface area contributed by atoms with E-state index in [1.54, 1.807) is 0 Å². The van der Waals surface area contributed by atoms with Crippen molar-refractivity contribution in [3.05, 3.63) is 24.3 Å². The summed E-state index contributed by atoms with van der Waals surface area (Å²) in [7, 11) is 0. The Kier molecular flexibility index (Phi) is 3.91. The Bertz CT molecular complexity index is 446. The lowest BCUT2D eigenvalue weighted by molar-refractivity contribution is 0.229. The van der Waals surface area contributed by atoms with E-state index in [-0.39, 0.29) is 0 Å². The number of nitrogens with zero attached hydrogens (tertiary/aromatic N) is 1. The first-order chi connectivity index (χ1) is 9.64. The highest BCUT2D eigenvalue weighted by atomic mass is 15.2. The molecule has 1 saturated carbocycles. The van der Waals surface area contributed by atoms with Gasteiger partial charge >= 0.3 is 0 Å². The minimum absolute atomic E-state index is 0.499. The van der Waals surface area contributed by atoms with Gasteiger partial charge in [-0.3, -0.25) is 0 Å². The Hall–Kier alpha value is -1.18. The van der Waals surface area contributed by atoms with Gasteiger partial charge in [0.1, 0.15) is 0 Å². The summed E-state index contributed by atoms with van der Waals surface area (Å²) < 4.78 is 0. The van der Waals surface area contributed by atoms with Crippen molar-refractivity contribution in [2.75, 3.05) is 23.3 Å². The van der Waals surface area contributed by atoms with Crippen LogP contribution in [-0.4, -0.2) is 19.1 Å². The predicted molar refractivity (Wildman–Crippen MR) is 87.5 cm³/mol. The van der Waals surface area contributed by atoms with E-state index in [9.17, 15) is 0 Å². The van der Waals surface area contributed by atoms with Crippen LogP contribution in [0, 0.1) is 5.41 Å². The molecule has 1 atom stereocenters. The fraction of sp³-hybridized carbons (Fsp3) is 0.667. The Labute approximate surface area is 123 Å². The van der Waals surface area contributed by atoms with Crippen LogP contribution in [0.2, 0.25) is 0 Å². The smallest absolute Gasteiger partial charge is 0.0602 e. The maximum Gasteiger partial charge on any atom is 0.0602 e. The third-order valence-electron chi connectivity index (χ3n) is 4.92. The predicted octanol–water partition coefficient (Wildman–Crippen LogP) is 4.67. The summed E-state index contributed by atoms with van der Waals surface area (Å²) in [5.41, 5.74) is 3.25. The van der Waals surface area contributed by atoms with E-state index in [1.165, 1.54) is 63.0 Å². The Morgan fingerprint density at radius 2 is 1.85 bits per heavy atom.